The third-order valence-corrected chi connectivity index (χ3v) is 7.64. The molecule has 21 heteroatoms. The number of nitrogen functional groups attached to an aromatic ring is 1. The first-order valence-electron chi connectivity index (χ1n) is 7.96. The van der Waals surface area contributed by atoms with Gasteiger partial charge in [0.1, 0.15) is 6.10 Å². The van der Waals surface area contributed by atoms with Gasteiger partial charge in [-0.3, -0.25) is 18.9 Å². The van der Waals surface area contributed by atoms with Gasteiger partial charge < -0.3 is 39.9 Å². The van der Waals surface area contributed by atoms with Crippen molar-refractivity contribution >= 4 is 40.4 Å². The molecule has 1 saturated heterocycles. The monoisotopic (exact) mass is 507 g/mol. The number of fused-ring (bicyclic) bond motifs is 1. The number of anilines is 1. The maximum absolute atomic E-state index is 11.9. The Labute approximate surface area is 170 Å². The number of H-pyrrole nitrogens is 1. The minimum Gasteiger partial charge on any atom is -0.388 e. The third kappa shape index (κ3) is 6.04. The second kappa shape index (κ2) is 8.44. The van der Waals surface area contributed by atoms with E-state index in [1.807, 2.05) is 0 Å². The Morgan fingerprint density at radius 3 is 2.58 bits per heavy atom. The molecule has 174 valence electrons. The van der Waals surface area contributed by atoms with Crippen molar-refractivity contribution in [2.45, 2.75) is 25.0 Å². The second-order valence-corrected chi connectivity index (χ2v) is 10.8. The number of nitrogens with two attached hydrogens (primary N) is 1. The molecule has 0 bridgehead atoms. The summed E-state index contributed by atoms with van der Waals surface area (Å²) in [7, 11) is -16.2. The summed E-state index contributed by atoms with van der Waals surface area (Å²) in [4.78, 5) is 57.5. The van der Waals surface area contributed by atoms with Crippen molar-refractivity contribution in [3.8, 4) is 0 Å². The molecular weight excluding hydrogens is 491 g/mol. The highest BCUT2D eigenvalue weighted by Crippen LogP contribution is 2.66. The van der Waals surface area contributed by atoms with Crippen LogP contribution in [-0.4, -0.2) is 62.9 Å². The van der Waals surface area contributed by atoms with Crippen molar-refractivity contribution < 1.29 is 56.5 Å². The Balaban J connectivity index is 1.67. The van der Waals surface area contributed by atoms with Crippen molar-refractivity contribution in [3.05, 3.63) is 16.7 Å². The normalized spacial score (nSPS) is 26.0. The van der Waals surface area contributed by atoms with Crippen LogP contribution >= 0.6 is 23.2 Å². The first-order chi connectivity index (χ1) is 14.2. The molecule has 0 radical (unpaired) electrons. The molecule has 8 N–H and O–H groups in total. The van der Waals surface area contributed by atoms with Crippen molar-refractivity contribution in [2.75, 3.05) is 12.1 Å². The number of aromatic nitrogens is 4. The Morgan fingerprint density at radius 2 is 1.94 bits per heavy atom. The average Bonchev–Trinajstić information content (AvgIpc) is 3.12. The lowest BCUT2D eigenvalue weighted by Crippen LogP contribution is -2.20. The minimum absolute atomic E-state index is 0.0158. The van der Waals surface area contributed by atoms with Crippen LogP contribution in [0.2, 0.25) is 0 Å². The van der Waals surface area contributed by atoms with Gasteiger partial charge in [0.05, 0.1) is 6.33 Å². The van der Waals surface area contributed by atoms with Gasteiger partial charge in [0.2, 0.25) is 5.95 Å². The van der Waals surface area contributed by atoms with Crippen LogP contribution < -0.4 is 11.3 Å². The molecule has 2 aromatic rings. The Morgan fingerprint density at radius 1 is 1.26 bits per heavy atom. The van der Waals surface area contributed by atoms with E-state index < -0.39 is 53.8 Å². The van der Waals surface area contributed by atoms with Crippen LogP contribution in [0, 0.1) is 0 Å². The fourth-order valence-corrected chi connectivity index (χ4v) is 5.91. The first-order valence-corrected chi connectivity index (χ1v) is 12.7. The molecule has 1 fully saturated rings. The van der Waals surface area contributed by atoms with Crippen molar-refractivity contribution in [1.29, 1.82) is 0 Å². The van der Waals surface area contributed by atoms with E-state index in [0.717, 1.165) is 6.33 Å². The fraction of sp³-hybridized carbons (Fsp3) is 0.500. The predicted molar refractivity (Wildman–Crippen MR) is 96.9 cm³/mol. The standard InChI is InChI=1S/C10H16N5O13P3/c11-10-13-7-6(8(17)14-10)12-2-15(7)9-4(16)1-5(26-9)25-3-29(18,19)27-31(23,24)28-30(20,21)22/h2,4-5,9,16H,1,3H2,(H,18,19)(H,23,24)(H2,20,21,22)(H3,11,13,14,17)/t4?,5-,9+/m0/s1. The summed E-state index contributed by atoms with van der Waals surface area (Å²) in [5.41, 5.74) is 4.75. The van der Waals surface area contributed by atoms with Gasteiger partial charge in [-0.2, -0.15) is 9.29 Å². The number of rotatable bonds is 8. The van der Waals surface area contributed by atoms with E-state index in [1.165, 1.54) is 4.57 Å². The molecule has 0 amide bonds. The Bertz CT molecular complexity index is 1170. The highest BCUT2D eigenvalue weighted by molar-refractivity contribution is 7.68. The summed E-state index contributed by atoms with van der Waals surface area (Å²) in [5.74, 6) is -0.219. The number of hydrogen-bond acceptors (Lipinski definition) is 12. The molecule has 5 atom stereocenters. The molecule has 0 aromatic carbocycles. The van der Waals surface area contributed by atoms with Crippen LogP contribution in [0.25, 0.3) is 11.2 Å². The predicted octanol–water partition coefficient (Wildman–Crippen LogP) is -1.31. The van der Waals surface area contributed by atoms with Crippen LogP contribution in [0.1, 0.15) is 12.6 Å². The zero-order chi connectivity index (χ0) is 23.2. The summed E-state index contributed by atoms with van der Waals surface area (Å²) in [6.07, 6.45) is -4.15. The highest BCUT2D eigenvalue weighted by Gasteiger charge is 2.42. The first kappa shape index (κ1) is 24.1. The topological polar surface area (TPSA) is 279 Å². The van der Waals surface area contributed by atoms with E-state index in [1.54, 1.807) is 0 Å². The number of ether oxygens (including phenoxy) is 2. The summed E-state index contributed by atoms with van der Waals surface area (Å²) in [5, 5.41) is 10.2. The SMILES string of the molecule is Nc1nc2c(ncn2[C@@H]2O[C@H](OCP(=O)(O)OP(=O)(O)OP(=O)(O)O)CC2O)c(=O)[nH]1. The van der Waals surface area contributed by atoms with Crippen molar-refractivity contribution in [2.24, 2.45) is 0 Å². The molecular formula is C10H16N5O13P3. The highest BCUT2D eigenvalue weighted by atomic mass is 31.3. The Hall–Kier alpha value is -1.52. The maximum atomic E-state index is 11.9. The zero-order valence-corrected chi connectivity index (χ0v) is 17.7. The molecule has 3 unspecified atom stereocenters. The average molecular weight is 507 g/mol. The molecule has 18 nitrogen and oxygen atoms in total. The fourth-order valence-electron chi connectivity index (χ4n) is 2.61. The molecule has 31 heavy (non-hydrogen) atoms. The van der Waals surface area contributed by atoms with Gasteiger partial charge in [-0.25, -0.2) is 18.4 Å². The van der Waals surface area contributed by atoms with Crippen LogP contribution in [-0.2, 0) is 31.8 Å². The van der Waals surface area contributed by atoms with Crippen LogP contribution in [0.4, 0.5) is 5.95 Å². The number of nitrogens with one attached hydrogen (secondary N) is 1. The minimum atomic E-state index is -5.61. The van der Waals surface area contributed by atoms with E-state index in [-0.39, 0.29) is 23.5 Å². The van der Waals surface area contributed by atoms with E-state index >= 15 is 0 Å². The third-order valence-electron chi connectivity index (χ3n) is 3.64. The summed E-state index contributed by atoms with van der Waals surface area (Å²) in [6, 6.07) is 0. The van der Waals surface area contributed by atoms with E-state index in [0.29, 0.717) is 0 Å². The van der Waals surface area contributed by atoms with Gasteiger partial charge in [-0.1, -0.05) is 0 Å². The number of phosphoric acid groups is 2. The number of hydrogen-bond donors (Lipinski definition) is 7. The Kier molecular flexibility index (Phi) is 6.57. The summed E-state index contributed by atoms with van der Waals surface area (Å²) < 4.78 is 52.6. The number of imidazole rings is 1. The number of aromatic amines is 1. The van der Waals surface area contributed by atoms with E-state index in [9.17, 15) is 28.5 Å². The van der Waals surface area contributed by atoms with Crippen LogP contribution in [0.15, 0.2) is 11.1 Å². The largest absolute Gasteiger partial charge is 0.488 e. The van der Waals surface area contributed by atoms with E-state index in [2.05, 4.69) is 23.6 Å². The number of aliphatic hydroxyl groups excluding tert-OH is 1. The maximum Gasteiger partial charge on any atom is 0.488 e. The number of aliphatic hydroxyl groups is 1. The molecule has 1 aliphatic rings. The van der Waals surface area contributed by atoms with Gasteiger partial charge in [0.15, 0.2) is 30.0 Å². The quantitative estimate of drug-likeness (QED) is 0.204. The van der Waals surface area contributed by atoms with E-state index in [4.69, 9.17) is 29.9 Å². The molecule has 2 aromatic heterocycles. The van der Waals surface area contributed by atoms with Crippen LogP contribution in [0.3, 0.4) is 0 Å². The molecule has 0 spiro atoms. The molecule has 3 rings (SSSR count). The number of nitrogens with zero attached hydrogens (tertiary/aromatic N) is 3. The van der Waals surface area contributed by atoms with Crippen molar-refractivity contribution in [1.82, 2.24) is 19.5 Å². The lowest BCUT2D eigenvalue weighted by molar-refractivity contribution is -0.145. The summed E-state index contributed by atoms with van der Waals surface area (Å²) in [6.45, 7) is 0. The second-order valence-electron chi connectivity index (χ2n) is 6.09. The summed E-state index contributed by atoms with van der Waals surface area (Å²) >= 11 is 0. The smallest absolute Gasteiger partial charge is 0.388 e. The van der Waals surface area contributed by atoms with Gasteiger partial charge in [0, 0.05) is 6.42 Å². The lowest BCUT2D eigenvalue weighted by Gasteiger charge is -2.19. The van der Waals surface area contributed by atoms with Crippen molar-refractivity contribution in [3.63, 3.8) is 0 Å². The van der Waals surface area contributed by atoms with Gasteiger partial charge in [-0.05, 0) is 0 Å². The van der Waals surface area contributed by atoms with Gasteiger partial charge >= 0.3 is 23.2 Å². The van der Waals surface area contributed by atoms with Gasteiger partial charge in [0.25, 0.3) is 5.56 Å². The molecule has 0 aliphatic carbocycles. The lowest BCUT2D eigenvalue weighted by atomic mass is 10.2. The molecule has 0 saturated carbocycles. The van der Waals surface area contributed by atoms with Gasteiger partial charge in [-0.15, -0.1) is 0 Å². The molecule has 3 heterocycles. The molecule has 1 aliphatic heterocycles. The zero-order valence-electron chi connectivity index (χ0n) is 15.0. The van der Waals surface area contributed by atoms with Crippen LogP contribution in [0.5, 0.6) is 0 Å².